The Kier molecular flexibility index (Phi) is 12.1. The number of aliphatic hydroxyl groups is 2. The summed E-state index contributed by atoms with van der Waals surface area (Å²) in [5.74, 6) is -2.69. The predicted molar refractivity (Wildman–Crippen MR) is 147 cm³/mol. The minimum atomic E-state index is -0.765. The summed E-state index contributed by atoms with van der Waals surface area (Å²) in [6, 6.07) is 0. The third kappa shape index (κ3) is 9.12. The van der Waals surface area contributed by atoms with Gasteiger partial charge in [0.1, 0.15) is 48.8 Å². The van der Waals surface area contributed by atoms with E-state index >= 15 is 0 Å². The minimum absolute atomic E-state index is 0.295. The summed E-state index contributed by atoms with van der Waals surface area (Å²) in [4.78, 5) is 0. The molecule has 0 aromatic heterocycles. The van der Waals surface area contributed by atoms with E-state index in [1.807, 2.05) is 59.8 Å². The summed E-state index contributed by atoms with van der Waals surface area (Å²) in [6.07, 6.45) is 4.94. The normalized spacial score (nSPS) is 44.3. The molecule has 0 amide bonds. The van der Waals surface area contributed by atoms with E-state index in [0.717, 1.165) is 0 Å². The number of hydrogen-bond donors (Lipinski definition) is 2. The van der Waals surface area contributed by atoms with E-state index in [2.05, 4.69) is 9.30 Å². The van der Waals surface area contributed by atoms with Crippen LogP contribution < -0.4 is 0 Å². The average Bonchev–Trinajstić information content (AvgIpc) is 3.76. The van der Waals surface area contributed by atoms with Crippen LogP contribution >= 0.6 is 9.30 Å². The molecule has 5 radical (unpaired) electrons. The Morgan fingerprint density at radius 2 is 0.837 bits per heavy atom. The molecular formula is C29H45ClO12Ti+. The van der Waals surface area contributed by atoms with Gasteiger partial charge in [0.25, 0.3) is 0 Å². The van der Waals surface area contributed by atoms with Crippen LogP contribution in [0.3, 0.4) is 0 Å². The Morgan fingerprint density at radius 3 is 1.09 bits per heavy atom. The first-order valence-electron chi connectivity index (χ1n) is 14.4. The Bertz CT molecular complexity index is 829. The Hall–Kier alpha value is 0.524. The van der Waals surface area contributed by atoms with Crippen molar-refractivity contribution in [2.24, 2.45) is 0 Å². The summed E-state index contributed by atoms with van der Waals surface area (Å²) in [5.41, 5.74) is 0. The topological polar surface area (TPSA) is 133 Å². The van der Waals surface area contributed by atoms with Crippen molar-refractivity contribution in [2.45, 2.75) is 140 Å². The van der Waals surface area contributed by atoms with Crippen LogP contribution in [-0.4, -0.2) is 108 Å². The Balaban J connectivity index is 0.000000162. The third-order valence-corrected chi connectivity index (χ3v) is 7.45. The maximum absolute atomic E-state index is 10.3. The van der Waals surface area contributed by atoms with E-state index in [-0.39, 0.29) is 12.2 Å². The zero-order chi connectivity index (χ0) is 31.8. The first-order valence-corrected chi connectivity index (χ1v) is 16.6. The summed E-state index contributed by atoms with van der Waals surface area (Å²) >= 11 is 1.47. The summed E-state index contributed by atoms with van der Waals surface area (Å²) < 4.78 is 56.2. The van der Waals surface area contributed by atoms with Gasteiger partial charge in [-0.1, -0.05) is 0 Å². The standard InChI is InChI=1S/2C12H20O6.C5H5.ClH.Ti/c2*1-11(2)14-5-6(16-11)8-7(13)9-10(15-8)18-12(3,4)17-9;1-2-4-5-3-1;;/h2*6-10,13H,5H2,1-4H3;1-5H;1H;/q;;;;+2/p-1/t2*6-,7+,8-,9-,10-;;;/m11.../s1. The molecule has 1 aliphatic carbocycles. The van der Waals surface area contributed by atoms with Gasteiger partial charge < -0.3 is 57.6 Å². The molecule has 7 fully saturated rings. The van der Waals surface area contributed by atoms with Gasteiger partial charge >= 0.3 is 28.7 Å². The molecule has 0 aromatic rings. The third-order valence-electron chi connectivity index (χ3n) is 7.45. The van der Waals surface area contributed by atoms with Crippen LogP contribution in [0.5, 0.6) is 0 Å². The molecule has 0 bridgehead atoms. The van der Waals surface area contributed by atoms with Gasteiger partial charge in [-0.2, -0.15) is 0 Å². The Labute approximate surface area is 270 Å². The fourth-order valence-corrected chi connectivity index (χ4v) is 5.72. The molecule has 7 aliphatic rings. The molecular weight excluding hydrogens is 624 g/mol. The quantitative estimate of drug-likeness (QED) is 0.419. The zero-order valence-corrected chi connectivity index (χ0v) is 28.2. The summed E-state index contributed by atoms with van der Waals surface area (Å²) in [6.45, 7) is 15.4. The van der Waals surface area contributed by atoms with E-state index in [0.29, 0.717) is 13.2 Å². The van der Waals surface area contributed by atoms with Crippen molar-refractivity contribution in [2.75, 3.05) is 13.2 Å². The van der Waals surface area contributed by atoms with Crippen molar-refractivity contribution >= 4 is 9.30 Å². The fourth-order valence-electron chi connectivity index (χ4n) is 5.72. The molecule has 2 N–H and O–H groups in total. The zero-order valence-electron chi connectivity index (χ0n) is 25.9. The van der Waals surface area contributed by atoms with Gasteiger partial charge in [-0.25, -0.2) is 0 Å². The molecule has 10 atom stereocenters. The first-order chi connectivity index (χ1) is 20.0. The van der Waals surface area contributed by atoms with Crippen molar-refractivity contribution < 1.29 is 77.0 Å². The van der Waals surface area contributed by atoms with Gasteiger partial charge in [-0.05, 0) is 87.5 Å². The molecule has 6 heterocycles. The monoisotopic (exact) mass is 668 g/mol. The van der Waals surface area contributed by atoms with Crippen LogP contribution in [0.4, 0.5) is 0 Å². The molecule has 6 saturated heterocycles. The van der Waals surface area contributed by atoms with Crippen LogP contribution in [0.1, 0.15) is 55.4 Å². The molecule has 14 heteroatoms. The summed E-state index contributed by atoms with van der Waals surface area (Å²) in [7, 11) is 4.64. The number of fused-ring (bicyclic) bond motifs is 2. The van der Waals surface area contributed by atoms with E-state index < -0.39 is 72.4 Å². The molecule has 0 aromatic carbocycles. The van der Waals surface area contributed by atoms with E-state index in [1.54, 1.807) is 27.7 Å². The van der Waals surface area contributed by atoms with Gasteiger partial charge in [-0.15, -0.1) is 0 Å². The van der Waals surface area contributed by atoms with E-state index in [4.69, 9.17) is 47.4 Å². The number of aliphatic hydroxyl groups excluding tert-OH is 2. The maximum atomic E-state index is 10.3. The number of ether oxygens (including phenoxy) is 10. The molecule has 6 aliphatic heterocycles. The van der Waals surface area contributed by atoms with Crippen LogP contribution in [0.15, 0.2) is 0 Å². The first kappa shape index (κ1) is 36.4. The van der Waals surface area contributed by atoms with Crippen molar-refractivity contribution in [3.05, 3.63) is 32.1 Å². The Morgan fingerprint density at radius 1 is 0.512 bits per heavy atom. The van der Waals surface area contributed by atoms with Crippen molar-refractivity contribution in [3.8, 4) is 0 Å². The van der Waals surface area contributed by atoms with Gasteiger partial charge in [0.15, 0.2) is 35.7 Å². The molecule has 1 saturated carbocycles. The van der Waals surface area contributed by atoms with Crippen LogP contribution in [-0.2, 0) is 66.7 Å². The van der Waals surface area contributed by atoms with E-state index in [9.17, 15) is 10.2 Å². The number of rotatable bonds is 2. The number of hydrogen-bond acceptors (Lipinski definition) is 12. The average molecular weight is 669 g/mol. The second-order valence-electron chi connectivity index (χ2n) is 12.8. The van der Waals surface area contributed by atoms with E-state index in [1.165, 1.54) is 19.4 Å². The molecule has 0 spiro atoms. The second-order valence-corrected chi connectivity index (χ2v) is 12.8. The van der Waals surface area contributed by atoms with Crippen LogP contribution in [0, 0.1) is 32.1 Å². The molecule has 0 unspecified atom stereocenters. The molecule has 12 nitrogen and oxygen atoms in total. The molecule has 243 valence electrons. The SMILES string of the molecule is CC1(C)O[C@H]2O[C@H]([C@H]3COC(C)(C)O3)[C@H](O)[C@H]2O1.CC1(C)O[C@H]2O[C@H]([C@H]3COC(C)(C)O3)[C@H](O)[C@H]2O1.[CH]1[CH][CH][CH][CH]1.[Cl][Ti+]. The fraction of sp³-hybridized carbons (Fsp3) is 0.828. The predicted octanol–water partition coefficient (Wildman–Crippen LogP) is 2.46. The second kappa shape index (κ2) is 14.3. The van der Waals surface area contributed by atoms with Crippen molar-refractivity contribution in [3.63, 3.8) is 0 Å². The van der Waals surface area contributed by atoms with Crippen LogP contribution in [0.25, 0.3) is 0 Å². The van der Waals surface area contributed by atoms with Gasteiger partial charge in [0.05, 0.1) is 13.2 Å². The van der Waals surface area contributed by atoms with Crippen LogP contribution in [0.2, 0.25) is 0 Å². The van der Waals surface area contributed by atoms with Gasteiger partial charge in [0.2, 0.25) is 0 Å². The summed E-state index contributed by atoms with van der Waals surface area (Å²) in [5, 5.41) is 20.5. The number of halogens is 1. The van der Waals surface area contributed by atoms with Crippen molar-refractivity contribution in [1.29, 1.82) is 0 Å². The van der Waals surface area contributed by atoms with Gasteiger partial charge in [-0.3, -0.25) is 0 Å². The molecule has 7 rings (SSSR count). The van der Waals surface area contributed by atoms with Crippen molar-refractivity contribution in [1.82, 2.24) is 0 Å². The van der Waals surface area contributed by atoms with Gasteiger partial charge in [0, 0.05) is 0 Å². The molecule has 43 heavy (non-hydrogen) atoms.